The van der Waals surface area contributed by atoms with Crippen LogP contribution in [0.5, 0.6) is 63.2 Å². The third kappa shape index (κ3) is 12.8. The van der Waals surface area contributed by atoms with Crippen LogP contribution >= 0.6 is 31.9 Å². The third-order valence-electron chi connectivity index (χ3n) is 6.75. The SMILES string of the molecule is COc1cc(Br)c(OC)c(Br)c1.COc1cc(C)c(OC)c(C)c1.COc1cc(OC)c(OC)c(OC)c1.COc1ccc(OC)c(OC)c1. The summed E-state index contributed by atoms with van der Waals surface area (Å²) in [5.74, 6) is 7.93. The minimum atomic E-state index is 0.566. The highest BCUT2D eigenvalue weighted by atomic mass is 79.9. The van der Waals surface area contributed by atoms with Crippen LogP contribution in [0.15, 0.2) is 63.5 Å². The molecule has 11 nitrogen and oxygen atoms in total. The summed E-state index contributed by atoms with van der Waals surface area (Å²) in [7, 11) is 17.7. The lowest BCUT2D eigenvalue weighted by molar-refractivity contribution is 0.318. The van der Waals surface area contributed by atoms with Crippen LogP contribution in [0.2, 0.25) is 0 Å². The van der Waals surface area contributed by atoms with Crippen molar-refractivity contribution in [1.29, 1.82) is 0 Å². The van der Waals surface area contributed by atoms with E-state index in [1.54, 1.807) is 102 Å². The Morgan fingerprint density at radius 1 is 0.320 bits per heavy atom. The maximum absolute atomic E-state index is 5.22. The van der Waals surface area contributed by atoms with Crippen molar-refractivity contribution in [2.24, 2.45) is 0 Å². The van der Waals surface area contributed by atoms with Gasteiger partial charge in [-0.05, 0) is 93.2 Å². The molecule has 0 saturated heterocycles. The van der Waals surface area contributed by atoms with E-state index in [-0.39, 0.29) is 0 Å². The van der Waals surface area contributed by atoms with Crippen molar-refractivity contribution in [3.05, 3.63) is 74.7 Å². The van der Waals surface area contributed by atoms with E-state index in [4.69, 9.17) is 52.1 Å². The van der Waals surface area contributed by atoms with E-state index in [0.717, 1.165) is 48.8 Å². The first-order valence-electron chi connectivity index (χ1n) is 14.8. The Morgan fingerprint density at radius 3 is 1.04 bits per heavy atom. The molecule has 4 rings (SSSR count). The highest BCUT2D eigenvalue weighted by Crippen LogP contribution is 2.40. The maximum Gasteiger partial charge on any atom is 0.203 e. The first-order chi connectivity index (χ1) is 23.9. The fourth-order valence-corrected chi connectivity index (χ4v) is 5.79. The summed E-state index contributed by atoms with van der Waals surface area (Å²) in [5, 5.41) is 0. The van der Waals surface area contributed by atoms with Gasteiger partial charge in [-0.1, -0.05) is 0 Å². The summed E-state index contributed by atoms with van der Waals surface area (Å²) in [4.78, 5) is 0. The second kappa shape index (κ2) is 23.1. The van der Waals surface area contributed by atoms with E-state index in [9.17, 15) is 0 Å². The van der Waals surface area contributed by atoms with Crippen LogP contribution in [0.4, 0.5) is 0 Å². The van der Waals surface area contributed by atoms with Crippen LogP contribution in [0.1, 0.15) is 11.1 Å². The fraction of sp³-hybridized carbons (Fsp3) is 0.351. The number of methoxy groups -OCH3 is 11. The molecule has 0 aliphatic heterocycles. The van der Waals surface area contributed by atoms with Crippen LogP contribution in [0.3, 0.4) is 0 Å². The van der Waals surface area contributed by atoms with Crippen LogP contribution in [0, 0.1) is 13.8 Å². The van der Waals surface area contributed by atoms with E-state index in [0.29, 0.717) is 34.5 Å². The Bertz CT molecular complexity index is 1480. The normalized spacial score (nSPS) is 9.50. The van der Waals surface area contributed by atoms with Crippen molar-refractivity contribution in [1.82, 2.24) is 0 Å². The number of aryl methyl sites for hydroxylation is 2. The second-order valence-electron chi connectivity index (χ2n) is 9.70. The lowest BCUT2D eigenvalue weighted by atomic mass is 10.1. The summed E-state index contributed by atoms with van der Waals surface area (Å²) >= 11 is 6.73. The zero-order chi connectivity index (χ0) is 37.8. The summed E-state index contributed by atoms with van der Waals surface area (Å²) in [6.45, 7) is 4.02. The summed E-state index contributed by atoms with van der Waals surface area (Å²) in [5.41, 5.74) is 2.21. The molecule has 0 aliphatic rings. The van der Waals surface area contributed by atoms with Crippen molar-refractivity contribution >= 4 is 31.9 Å². The number of benzene rings is 4. The molecule has 0 atom stereocenters. The molecule has 0 fully saturated rings. The summed E-state index contributed by atoms with van der Waals surface area (Å²) in [6, 6.07) is 16.5. The van der Waals surface area contributed by atoms with Gasteiger partial charge < -0.3 is 52.1 Å². The Morgan fingerprint density at radius 2 is 0.680 bits per heavy atom. The van der Waals surface area contributed by atoms with Crippen molar-refractivity contribution < 1.29 is 52.1 Å². The second-order valence-corrected chi connectivity index (χ2v) is 11.4. The molecule has 0 aliphatic carbocycles. The van der Waals surface area contributed by atoms with E-state index in [1.165, 1.54) is 0 Å². The molecular weight excluding hydrogens is 780 g/mol. The summed E-state index contributed by atoms with van der Waals surface area (Å²) in [6.07, 6.45) is 0. The van der Waals surface area contributed by atoms with Gasteiger partial charge in [-0.3, -0.25) is 0 Å². The van der Waals surface area contributed by atoms with Crippen molar-refractivity contribution in [3.8, 4) is 63.2 Å². The van der Waals surface area contributed by atoms with Gasteiger partial charge in [0.15, 0.2) is 23.0 Å². The van der Waals surface area contributed by atoms with Crippen LogP contribution < -0.4 is 52.1 Å². The molecule has 0 heterocycles. The predicted molar refractivity (Wildman–Crippen MR) is 203 cm³/mol. The van der Waals surface area contributed by atoms with Crippen molar-refractivity contribution in [2.75, 3.05) is 78.2 Å². The molecule has 13 heteroatoms. The molecule has 0 aromatic heterocycles. The Hall–Kier alpha value is -4.36. The molecule has 0 saturated carbocycles. The molecule has 0 spiro atoms. The number of hydrogen-bond donors (Lipinski definition) is 0. The van der Waals surface area contributed by atoms with Gasteiger partial charge in [-0.25, -0.2) is 0 Å². The van der Waals surface area contributed by atoms with Gasteiger partial charge in [0.2, 0.25) is 5.75 Å². The van der Waals surface area contributed by atoms with Crippen LogP contribution in [-0.2, 0) is 0 Å². The van der Waals surface area contributed by atoms with E-state index in [2.05, 4.69) is 31.9 Å². The Kier molecular flexibility index (Phi) is 20.2. The largest absolute Gasteiger partial charge is 0.497 e. The van der Waals surface area contributed by atoms with Crippen LogP contribution in [0.25, 0.3) is 0 Å². The zero-order valence-electron chi connectivity index (χ0n) is 30.9. The van der Waals surface area contributed by atoms with Gasteiger partial charge in [0, 0.05) is 18.2 Å². The standard InChI is InChI=1S/C10H14O4.C10H14O2.C9H12O3.C8H8Br2O2/c1-11-7-5-8(12-2)10(14-4)9(6-7)13-3;1-7-5-9(11-3)6-8(2)10(7)12-4;1-10-7-4-5-8(11-2)9(6-7)12-3;1-11-5-3-6(9)8(12-2)7(10)4-5/h5-6H,1-4H3;5-6H,1-4H3;4-6H,1-3H3;3-4H,1-2H3. The number of ether oxygens (including phenoxy) is 11. The molecule has 0 N–H and O–H groups in total. The smallest absolute Gasteiger partial charge is 0.203 e. The number of hydrogen-bond acceptors (Lipinski definition) is 11. The highest BCUT2D eigenvalue weighted by Gasteiger charge is 2.13. The molecule has 0 radical (unpaired) electrons. The first-order valence-corrected chi connectivity index (χ1v) is 16.4. The first kappa shape index (κ1) is 43.7. The van der Waals surface area contributed by atoms with Crippen molar-refractivity contribution in [2.45, 2.75) is 13.8 Å². The van der Waals surface area contributed by atoms with E-state index in [1.807, 2.05) is 44.2 Å². The van der Waals surface area contributed by atoms with E-state index < -0.39 is 0 Å². The van der Waals surface area contributed by atoms with Gasteiger partial charge in [0.25, 0.3) is 0 Å². The number of halogens is 2. The minimum absolute atomic E-state index is 0.566. The minimum Gasteiger partial charge on any atom is -0.497 e. The van der Waals surface area contributed by atoms with Gasteiger partial charge >= 0.3 is 0 Å². The molecule has 50 heavy (non-hydrogen) atoms. The number of rotatable bonds is 11. The molecule has 0 unspecified atom stereocenters. The fourth-order valence-electron chi connectivity index (χ4n) is 4.32. The average Bonchev–Trinajstić information content (AvgIpc) is 3.14. The average molecular weight is 829 g/mol. The lowest BCUT2D eigenvalue weighted by Crippen LogP contribution is -1.95. The van der Waals surface area contributed by atoms with Gasteiger partial charge in [-0.2, -0.15) is 0 Å². The third-order valence-corrected chi connectivity index (χ3v) is 7.93. The molecule has 4 aromatic carbocycles. The molecule has 0 amide bonds. The molecule has 4 aromatic rings. The van der Waals surface area contributed by atoms with Gasteiger partial charge in [0.05, 0.1) is 87.2 Å². The maximum atomic E-state index is 5.22. The topological polar surface area (TPSA) is 102 Å². The lowest BCUT2D eigenvalue weighted by Gasteiger charge is -2.13. The molecular formula is C37H48Br2O11. The zero-order valence-corrected chi connectivity index (χ0v) is 34.1. The Balaban J connectivity index is 0.000000334. The highest BCUT2D eigenvalue weighted by molar-refractivity contribution is 9.11. The monoisotopic (exact) mass is 826 g/mol. The Labute approximate surface area is 312 Å². The molecule has 276 valence electrons. The summed E-state index contributed by atoms with van der Waals surface area (Å²) < 4.78 is 57.9. The van der Waals surface area contributed by atoms with Gasteiger partial charge in [0.1, 0.15) is 34.5 Å². The van der Waals surface area contributed by atoms with E-state index >= 15 is 0 Å². The quantitative estimate of drug-likeness (QED) is 0.145. The van der Waals surface area contributed by atoms with Gasteiger partial charge in [-0.15, -0.1) is 0 Å². The van der Waals surface area contributed by atoms with Crippen LogP contribution in [-0.4, -0.2) is 78.2 Å². The van der Waals surface area contributed by atoms with Crippen molar-refractivity contribution in [3.63, 3.8) is 0 Å². The predicted octanol–water partition coefficient (Wildman–Crippen LogP) is 8.98. The molecule has 0 bridgehead atoms.